The van der Waals surface area contributed by atoms with Gasteiger partial charge in [-0.3, -0.25) is 0 Å². The van der Waals surface area contributed by atoms with Crippen molar-refractivity contribution in [2.45, 2.75) is 0 Å². The Morgan fingerprint density at radius 1 is 1.25 bits per heavy atom. The summed E-state index contributed by atoms with van der Waals surface area (Å²) in [7, 11) is 1.86. The monoisotopic (exact) mass is 213 g/mol. The highest BCUT2D eigenvalue weighted by Crippen LogP contribution is 2.13. The van der Waals surface area contributed by atoms with Crippen LogP contribution >= 0.6 is 0 Å². The SMILES string of the molecule is CNc1cn2cc(-n3ccnc3)ccc2n1. The zero-order chi connectivity index (χ0) is 11.0. The lowest BCUT2D eigenvalue weighted by Crippen LogP contribution is -1.92. The maximum absolute atomic E-state index is 4.38. The Bertz CT molecular complexity index is 608. The second kappa shape index (κ2) is 3.37. The highest BCUT2D eigenvalue weighted by Gasteiger charge is 2.01. The van der Waals surface area contributed by atoms with Crippen molar-refractivity contribution in [3.8, 4) is 5.69 Å². The van der Waals surface area contributed by atoms with Crippen molar-refractivity contribution >= 4 is 11.5 Å². The number of nitrogens with zero attached hydrogens (tertiary/aromatic N) is 4. The van der Waals surface area contributed by atoms with Crippen LogP contribution in [0.1, 0.15) is 0 Å². The first-order valence-electron chi connectivity index (χ1n) is 5.01. The van der Waals surface area contributed by atoms with Gasteiger partial charge in [0.15, 0.2) is 0 Å². The van der Waals surface area contributed by atoms with Crippen LogP contribution in [0, 0.1) is 0 Å². The van der Waals surface area contributed by atoms with Crippen molar-refractivity contribution in [1.82, 2.24) is 18.9 Å². The van der Waals surface area contributed by atoms with Gasteiger partial charge < -0.3 is 14.3 Å². The number of imidazole rings is 2. The molecule has 0 aromatic carbocycles. The Balaban J connectivity index is 2.15. The molecule has 0 radical (unpaired) electrons. The number of anilines is 1. The van der Waals surface area contributed by atoms with E-state index >= 15 is 0 Å². The molecule has 0 unspecified atom stereocenters. The minimum atomic E-state index is 0.864. The Hall–Kier alpha value is -2.30. The molecule has 0 aliphatic carbocycles. The number of pyridine rings is 1. The van der Waals surface area contributed by atoms with Gasteiger partial charge in [-0.25, -0.2) is 9.97 Å². The van der Waals surface area contributed by atoms with Crippen LogP contribution in [0.2, 0.25) is 0 Å². The molecule has 3 rings (SSSR count). The Kier molecular flexibility index (Phi) is 1.89. The van der Waals surface area contributed by atoms with Crippen molar-refractivity contribution in [3.63, 3.8) is 0 Å². The summed E-state index contributed by atoms with van der Waals surface area (Å²) in [5, 5.41) is 3.02. The minimum absolute atomic E-state index is 0.864. The van der Waals surface area contributed by atoms with E-state index in [-0.39, 0.29) is 0 Å². The summed E-state index contributed by atoms with van der Waals surface area (Å²) >= 11 is 0. The molecule has 0 amide bonds. The molecule has 0 atom stereocenters. The first-order valence-corrected chi connectivity index (χ1v) is 5.01. The van der Waals surface area contributed by atoms with Crippen LogP contribution in [0.5, 0.6) is 0 Å². The maximum atomic E-state index is 4.38. The first kappa shape index (κ1) is 8.96. The molecule has 80 valence electrons. The van der Waals surface area contributed by atoms with E-state index in [2.05, 4.69) is 15.3 Å². The molecule has 3 aromatic rings. The van der Waals surface area contributed by atoms with E-state index < -0.39 is 0 Å². The molecule has 5 nitrogen and oxygen atoms in total. The fourth-order valence-electron chi connectivity index (χ4n) is 1.67. The van der Waals surface area contributed by atoms with Crippen molar-refractivity contribution < 1.29 is 0 Å². The standard InChI is InChI=1S/C11H11N5/c1-12-10-7-16-6-9(2-3-11(16)14-10)15-5-4-13-8-15/h2-8,12H,1H3. The number of hydrogen-bond acceptors (Lipinski definition) is 3. The zero-order valence-corrected chi connectivity index (χ0v) is 8.83. The van der Waals surface area contributed by atoms with Gasteiger partial charge in [-0.15, -0.1) is 0 Å². The third kappa shape index (κ3) is 1.33. The van der Waals surface area contributed by atoms with Crippen LogP contribution in [0.4, 0.5) is 5.82 Å². The summed E-state index contributed by atoms with van der Waals surface area (Å²) in [6, 6.07) is 4.00. The fraction of sp³-hybridized carbons (Fsp3) is 0.0909. The van der Waals surface area contributed by atoms with Crippen molar-refractivity contribution in [2.24, 2.45) is 0 Å². The molecule has 5 heteroatoms. The van der Waals surface area contributed by atoms with Gasteiger partial charge in [0.2, 0.25) is 0 Å². The Morgan fingerprint density at radius 2 is 2.19 bits per heavy atom. The van der Waals surface area contributed by atoms with Gasteiger partial charge in [0.1, 0.15) is 11.5 Å². The Morgan fingerprint density at radius 3 is 2.94 bits per heavy atom. The predicted octanol–water partition coefficient (Wildman–Crippen LogP) is 1.56. The highest BCUT2D eigenvalue weighted by atomic mass is 15.1. The average Bonchev–Trinajstić information content (AvgIpc) is 2.96. The maximum Gasteiger partial charge on any atom is 0.145 e. The largest absolute Gasteiger partial charge is 0.372 e. The highest BCUT2D eigenvalue weighted by molar-refractivity contribution is 5.51. The fourth-order valence-corrected chi connectivity index (χ4v) is 1.67. The van der Waals surface area contributed by atoms with Crippen LogP contribution in [-0.4, -0.2) is 26.0 Å². The van der Waals surface area contributed by atoms with Gasteiger partial charge in [-0.1, -0.05) is 0 Å². The normalized spacial score (nSPS) is 10.8. The van der Waals surface area contributed by atoms with E-state index in [1.807, 2.05) is 46.7 Å². The molecule has 0 fully saturated rings. The average molecular weight is 213 g/mol. The van der Waals surface area contributed by atoms with Gasteiger partial charge >= 0.3 is 0 Å². The van der Waals surface area contributed by atoms with Crippen LogP contribution in [0.3, 0.4) is 0 Å². The minimum Gasteiger partial charge on any atom is -0.372 e. The van der Waals surface area contributed by atoms with Gasteiger partial charge in [-0.05, 0) is 12.1 Å². The molecule has 0 spiro atoms. The lowest BCUT2D eigenvalue weighted by atomic mass is 10.4. The van der Waals surface area contributed by atoms with Crippen LogP contribution < -0.4 is 5.32 Å². The summed E-state index contributed by atoms with van der Waals surface area (Å²) in [5.74, 6) is 0.864. The third-order valence-electron chi connectivity index (χ3n) is 2.49. The topological polar surface area (TPSA) is 47.1 Å². The molecule has 16 heavy (non-hydrogen) atoms. The number of nitrogens with one attached hydrogen (secondary N) is 1. The number of fused-ring (bicyclic) bond motifs is 1. The lowest BCUT2D eigenvalue weighted by Gasteiger charge is -2.01. The first-order chi connectivity index (χ1) is 7.86. The lowest BCUT2D eigenvalue weighted by molar-refractivity contribution is 1.02. The molecule has 0 bridgehead atoms. The van der Waals surface area contributed by atoms with Gasteiger partial charge in [0.25, 0.3) is 0 Å². The summed E-state index contributed by atoms with van der Waals surface area (Å²) in [6.07, 6.45) is 9.42. The molecule has 3 aromatic heterocycles. The zero-order valence-electron chi connectivity index (χ0n) is 8.83. The Labute approximate surface area is 92.4 Å². The third-order valence-corrected chi connectivity index (χ3v) is 2.49. The van der Waals surface area contributed by atoms with Crippen LogP contribution in [0.25, 0.3) is 11.3 Å². The number of hydrogen-bond donors (Lipinski definition) is 1. The predicted molar refractivity (Wildman–Crippen MR) is 61.9 cm³/mol. The van der Waals surface area contributed by atoms with Gasteiger partial charge in [-0.2, -0.15) is 0 Å². The van der Waals surface area contributed by atoms with E-state index in [1.54, 1.807) is 12.5 Å². The van der Waals surface area contributed by atoms with Crippen molar-refractivity contribution in [3.05, 3.63) is 43.2 Å². The molecule has 3 heterocycles. The molecule has 0 saturated carbocycles. The van der Waals surface area contributed by atoms with E-state index in [9.17, 15) is 0 Å². The summed E-state index contributed by atoms with van der Waals surface area (Å²) < 4.78 is 3.94. The summed E-state index contributed by atoms with van der Waals surface area (Å²) in [5.41, 5.74) is 1.98. The summed E-state index contributed by atoms with van der Waals surface area (Å²) in [4.78, 5) is 8.41. The second-order valence-corrected chi connectivity index (χ2v) is 3.50. The van der Waals surface area contributed by atoms with Crippen molar-refractivity contribution in [2.75, 3.05) is 12.4 Å². The van der Waals surface area contributed by atoms with Crippen LogP contribution in [0.15, 0.2) is 43.2 Å². The summed E-state index contributed by atoms with van der Waals surface area (Å²) in [6.45, 7) is 0. The van der Waals surface area contributed by atoms with Gasteiger partial charge in [0, 0.05) is 25.6 Å². The molecular weight excluding hydrogens is 202 g/mol. The van der Waals surface area contributed by atoms with Crippen LogP contribution in [-0.2, 0) is 0 Å². The number of rotatable bonds is 2. The van der Waals surface area contributed by atoms with E-state index in [4.69, 9.17) is 0 Å². The van der Waals surface area contributed by atoms with Crippen molar-refractivity contribution in [1.29, 1.82) is 0 Å². The second-order valence-electron chi connectivity index (χ2n) is 3.50. The van der Waals surface area contributed by atoms with E-state index in [1.165, 1.54) is 0 Å². The van der Waals surface area contributed by atoms with E-state index in [0.29, 0.717) is 0 Å². The quantitative estimate of drug-likeness (QED) is 0.702. The molecule has 0 aliphatic rings. The number of aromatic nitrogens is 4. The molecular formula is C11H11N5. The molecule has 1 N–H and O–H groups in total. The van der Waals surface area contributed by atoms with E-state index in [0.717, 1.165) is 17.2 Å². The molecule has 0 aliphatic heterocycles. The smallest absolute Gasteiger partial charge is 0.145 e. The van der Waals surface area contributed by atoms with Gasteiger partial charge in [0.05, 0.1) is 18.2 Å². The molecule has 0 saturated heterocycles.